The first-order chi connectivity index (χ1) is 7.06. The van der Waals surface area contributed by atoms with E-state index in [-0.39, 0.29) is 17.9 Å². The Kier molecular flexibility index (Phi) is 3.46. The molecule has 0 aliphatic rings. The molecule has 4 N–H and O–H groups in total. The van der Waals surface area contributed by atoms with Crippen LogP contribution in [0.15, 0.2) is 12.3 Å². The lowest BCUT2D eigenvalue weighted by atomic mass is 10.2. The van der Waals surface area contributed by atoms with Crippen LogP contribution in [0, 0.1) is 0 Å². The summed E-state index contributed by atoms with van der Waals surface area (Å²) < 4.78 is 0. The number of nitrogens with zero attached hydrogens (tertiary/aromatic N) is 2. The monoisotopic (exact) mass is 211 g/mol. The first-order valence-corrected chi connectivity index (χ1v) is 4.37. The summed E-state index contributed by atoms with van der Waals surface area (Å²) >= 11 is 0. The molecule has 1 rings (SSSR count). The fraction of sp³-hybridized carbons (Fsp3) is 0.333. The Labute approximate surface area is 87.0 Å². The van der Waals surface area contributed by atoms with E-state index in [1.165, 1.54) is 12.3 Å². The normalized spacial score (nSPS) is 10.0. The van der Waals surface area contributed by atoms with E-state index in [0.717, 1.165) is 0 Å². The number of likely N-dealkylation sites (N-methyl/N-ethyl adjacent to an activating group) is 1. The molecule has 0 atom stereocenters. The molecule has 1 aromatic heterocycles. The summed E-state index contributed by atoms with van der Waals surface area (Å²) in [5, 5.41) is 17.4. The lowest BCUT2D eigenvalue weighted by Gasteiger charge is -2.18. The molecule has 0 aromatic carbocycles. The minimum atomic E-state index is -1.06. The van der Waals surface area contributed by atoms with E-state index in [1.54, 1.807) is 11.9 Å². The Balaban J connectivity index is 2.97. The predicted molar refractivity (Wildman–Crippen MR) is 56.0 cm³/mol. The molecule has 1 aromatic rings. The molecular formula is C9H13N3O3. The average Bonchev–Trinajstić information content (AvgIpc) is 2.17. The first-order valence-electron chi connectivity index (χ1n) is 4.37. The maximum atomic E-state index is 10.6. The van der Waals surface area contributed by atoms with Gasteiger partial charge in [-0.05, 0) is 6.07 Å². The molecule has 0 aliphatic carbocycles. The number of aromatic carboxylic acids is 1. The second kappa shape index (κ2) is 4.61. The van der Waals surface area contributed by atoms with Crippen molar-refractivity contribution >= 4 is 17.5 Å². The van der Waals surface area contributed by atoms with Gasteiger partial charge in [0.2, 0.25) is 0 Å². The molecule has 0 saturated carbocycles. The van der Waals surface area contributed by atoms with E-state index in [2.05, 4.69) is 4.98 Å². The predicted octanol–water partition coefficient (Wildman–Crippen LogP) is -0.210. The molecule has 0 amide bonds. The highest BCUT2D eigenvalue weighted by molar-refractivity contribution is 5.89. The number of nitrogens with two attached hydrogens (primary N) is 1. The topological polar surface area (TPSA) is 99.7 Å². The highest BCUT2D eigenvalue weighted by atomic mass is 16.4. The van der Waals surface area contributed by atoms with Gasteiger partial charge in [0.15, 0.2) is 5.82 Å². The van der Waals surface area contributed by atoms with Crippen molar-refractivity contribution < 1.29 is 15.0 Å². The van der Waals surface area contributed by atoms with Gasteiger partial charge in [-0.25, -0.2) is 9.78 Å². The summed E-state index contributed by atoms with van der Waals surface area (Å²) in [5.74, 6) is -0.598. The van der Waals surface area contributed by atoms with Gasteiger partial charge in [0.25, 0.3) is 0 Å². The lowest BCUT2D eigenvalue weighted by molar-refractivity contribution is 0.0696. The molecule has 6 heteroatoms. The van der Waals surface area contributed by atoms with Crippen molar-refractivity contribution in [2.75, 3.05) is 30.8 Å². The summed E-state index contributed by atoms with van der Waals surface area (Å²) in [5.41, 5.74) is 5.97. The Morgan fingerprint density at radius 3 is 2.80 bits per heavy atom. The molecule has 0 radical (unpaired) electrons. The van der Waals surface area contributed by atoms with Crippen molar-refractivity contribution in [3.05, 3.63) is 17.8 Å². The van der Waals surface area contributed by atoms with Crippen molar-refractivity contribution in [2.45, 2.75) is 0 Å². The van der Waals surface area contributed by atoms with Crippen LogP contribution in [0.2, 0.25) is 0 Å². The third-order valence-electron chi connectivity index (χ3n) is 1.94. The molecule has 0 fully saturated rings. The third-order valence-corrected chi connectivity index (χ3v) is 1.94. The van der Waals surface area contributed by atoms with E-state index in [9.17, 15) is 4.79 Å². The van der Waals surface area contributed by atoms with Gasteiger partial charge in [-0.3, -0.25) is 0 Å². The number of anilines is 2. The molecule has 6 nitrogen and oxygen atoms in total. The molecule has 0 spiro atoms. The van der Waals surface area contributed by atoms with Crippen LogP contribution in [0.1, 0.15) is 10.4 Å². The second-order valence-corrected chi connectivity index (χ2v) is 3.09. The van der Waals surface area contributed by atoms with Gasteiger partial charge in [-0.1, -0.05) is 0 Å². The Morgan fingerprint density at radius 1 is 1.67 bits per heavy atom. The quantitative estimate of drug-likeness (QED) is 0.637. The number of aliphatic hydroxyl groups excluding tert-OH is 1. The number of carbonyl (C=O) groups is 1. The molecular weight excluding hydrogens is 198 g/mol. The molecule has 15 heavy (non-hydrogen) atoms. The largest absolute Gasteiger partial charge is 0.478 e. The Hall–Kier alpha value is -1.82. The second-order valence-electron chi connectivity index (χ2n) is 3.09. The summed E-state index contributed by atoms with van der Waals surface area (Å²) in [6.45, 7) is 0.377. The zero-order valence-corrected chi connectivity index (χ0v) is 8.34. The van der Waals surface area contributed by atoms with Gasteiger partial charge in [0.05, 0.1) is 17.9 Å². The van der Waals surface area contributed by atoms with E-state index < -0.39 is 5.97 Å². The van der Waals surface area contributed by atoms with E-state index in [1.807, 2.05) is 0 Å². The summed E-state index contributed by atoms with van der Waals surface area (Å²) in [6, 6.07) is 1.35. The number of carboxylic acid groups (broad SMARTS) is 1. The van der Waals surface area contributed by atoms with Crippen LogP contribution < -0.4 is 10.6 Å². The van der Waals surface area contributed by atoms with Crippen LogP contribution in [0.4, 0.5) is 11.5 Å². The first kappa shape index (κ1) is 11.3. The lowest BCUT2D eigenvalue weighted by Crippen LogP contribution is -2.23. The SMILES string of the molecule is CN(CCO)c1ncc(C(=O)O)cc1N. The molecule has 1 heterocycles. The van der Waals surface area contributed by atoms with Gasteiger partial charge in [-0.2, -0.15) is 0 Å². The van der Waals surface area contributed by atoms with Crippen LogP contribution in [-0.4, -0.2) is 41.4 Å². The van der Waals surface area contributed by atoms with Crippen molar-refractivity contribution in [3.63, 3.8) is 0 Å². The molecule has 0 bridgehead atoms. The number of pyridine rings is 1. The van der Waals surface area contributed by atoms with Crippen LogP contribution in [-0.2, 0) is 0 Å². The number of carboxylic acids is 1. The summed E-state index contributed by atoms with van der Waals surface area (Å²) in [4.78, 5) is 16.2. The average molecular weight is 211 g/mol. The zero-order valence-electron chi connectivity index (χ0n) is 8.34. The van der Waals surface area contributed by atoms with Crippen molar-refractivity contribution in [2.24, 2.45) is 0 Å². The number of rotatable bonds is 4. The third kappa shape index (κ3) is 2.57. The van der Waals surface area contributed by atoms with Gasteiger partial charge in [0.1, 0.15) is 0 Å². The number of hydrogen-bond acceptors (Lipinski definition) is 5. The van der Waals surface area contributed by atoms with Crippen molar-refractivity contribution in [3.8, 4) is 0 Å². The summed E-state index contributed by atoms with van der Waals surface area (Å²) in [7, 11) is 1.72. The van der Waals surface area contributed by atoms with Gasteiger partial charge in [-0.15, -0.1) is 0 Å². The smallest absolute Gasteiger partial charge is 0.337 e. The maximum absolute atomic E-state index is 10.6. The molecule has 0 saturated heterocycles. The minimum absolute atomic E-state index is 0.0156. The van der Waals surface area contributed by atoms with E-state index >= 15 is 0 Å². The minimum Gasteiger partial charge on any atom is -0.478 e. The van der Waals surface area contributed by atoms with Crippen molar-refractivity contribution in [1.29, 1.82) is 0 Å². The van der Waals surface area contributed by atoms with Crippen LogP contribution in [0.25, 0.3) is 0 Å². The van der Waals surface area contributed by atoms with Crippen LogP contribution in [0.5, 0.6) is 0 Å². The summed E-state index contributed by atoms with van der Waals surface area (Å²) in [6.07, 6.45) is 1.24. The zero-order chi connectivity index (χ0) is 11.4. The number of aromatic nitrogens is 1. The van der Waals surface area contributed by atoms with Crippen LogP contribution in [0.3, 0.4) is 0 Å². The molecule has 0 unspecified atom stereocenters. The fourth-order valence-corrected chi connectivity index (χ4v) is 1.17. The number of hydrogen-bond donors (Lipinski definition) is 3. The standard InChI is InChI=1S/C9H13N3O3/c1-12(2-3-13)8-7(10)4-6(5-11-8)9(14)15/h4-5,13H,2-3,10H2,1H3,(H,14,15). The van der Waals surface area contributed by atoms with E-state index in [0.29, 0.717) is 12.4 Å². The van der Waals surface area contributed by atoms with Gasteiger partial charge in [0, 0.05) is 19.8 Å². The number of aliphatic hydroxyl groups is 1. The highest BCUT2D eigenvalue weighted by Gasteiger charge is 2.10. The Bertz CT molecular complexity index is 368. The van der Waals surface area contributed by atoms with Gasteiger partial charge >= 0.3 is 5.97 Å². The Morgan fingerprint density at radius 2 is 2.33 bits per heavy atom. The highest BCUT2D eigenvalue weighted by Crippen LogP contribution is 2.19. The molecule has 0 aliphatic heterocycles. The van der Waals surface area contributed by atoms with Crippen molar-refractivity contribution in [1.82, 2.24) is 4.98 Å². The van der Waals surface area contributed by atoms with Gasteiger partial charge < -0.3 is 20.8 Å². The van der Waals surface area contributed by atoms with E-state index in [4.69, 9.17) is 15.9 Å². The maximum Gasteiger partial charge on any atom is 0.337 e. The van der Waals surface area contributed by atoms with Crippen LogP contribution >= 0.6 is 0 Å². The fourth-order valence-electron chi connectivity index (χ4n) is 1.17. The number of nitrogen functional groups attached to an aromatic ring is 1. The molecule has 82 valence electrons.